The first-order valence-corrected chi connectivity index (χ1v) is 10.9. The SMILES string of the molecule is CCCCCOC(=O)CCCCCC(=O)OCC(CCCCC)CCOC. The van der Waals surface area contributed by atoms with Gasteiger partial charge in [0.15, 0.2) is 0 Å². The minimum Gasteiger partial charge on any atom is -0.466 e. The van der Waals surface area contributed by atoms with E-state index in [1.54, 1.807) is 7.11 Å². The predicted octanol–water partition coefficient (Wildman–Crippen LogP) is 5.45. The molecule has 5 nitrogen and oxygen atoms in total. The lowest BCUT2D eigenvalue weighted by molar-refractivity contribution is -0.145. The molecule has 0 rings (SSSR count). The van der Waals surface area contributed by atoms with Crippen LogP contribution in [0.4, 0.5) is 0 Å². The first kappa shape index (κ1) is 25.9. The lowest BCUT2D eigenvalue weighted by Gasteiger charge is -2.16. The van der Waals surface area contributed by atoms with Gasteiger partial charge in [0.25, 0.3) is 0 Å². The molecule has 0 aliphatic carbocycles. The van der Waals surface area contributed by atoms with E-state index in [1.807, 2.05) is 0 Å². The summed E-state index contributed by atoms with van der Waals surface area (Å²) in [4.78, 5) is 23.5. The summed E-state index contributed by atoms with van der Waals surface area (Å²) in [6.45, 7) is 6.05. The van der Waals surface area contributed by atoms with E-state index in [0.717, 1.165) is 51.4 Å². The third kappa shape index (κ3) is 18.0. The van der Waals surface area contributed by atoms with Gasteiger partial charge in [0.2, 0.25) is 0 Å². The highest BCUT2D eigenvalue weighted by Crippen LogP contribution is 2.15. The van der Waals surface area contributed by atoms with Crippen LogP contribution < -0.4 is 0 Å². The molecule has 0 N–H and O–H groups in total. The van der Waals surface area contributed by atoms with Crippen LogP contribution >= 0.6 is 0 Å². The Morgan fingerprint density at radius 2 is 1.33 bits per heavy atom. The molecular weight excluding hydrogens is 344 g/mol. The largest absolute Gasteiger partial charge is 0.466 e. The van der Waals surface area contributed by atoms with Gasteiger partial charge >= 0.3 is 11.9 Å². The van der Waals surface area contributed by atoms with Crippen molar-refractivity contribution in [1.82, 2.24) is 0 Å². The molecule has 27 heavy (non-hydrogen) atoms. The normalized spacial score (nSPS) is 12.0. The van der Waals surface area contributed by atoms with E-state index >= 15 is 0 Å². The number of carbonyl (C=O) groups is 2. The van der Waals surface area contributed by atoms with Gasteiger partial charge < -0.3 is 14.2 Å². The number of carbonyl (C=O) groups excluding carboxylic acids is 2. The van der Waals surface area contributed by atoms with E-state index in [-0.39, 0.29) is 11.9 Å². The van der Waals surface area contributed by atoms with Crippen LogP contribution in [0.3, 0.4) is 0 Å². The van der Waals surface area contributed by atoms with Crippen molar-refractivity contribution in [3.8, 4) is 0 Å². The highest BCUT2D eigenvalue weighted by molar-refractivity contribution is 5.69. The molecule has 0 aromatic rings. The van der Waals surface area contributed by atoms with Crippen LogP contribution in [0.5, 0.6) is 0 Å². The summed E-state index contributed by atoms with van der Waals surface area (Å²) in [6, 6.07) is 0. The lowest BCUT2D eigenvalue weighted by Crippen LogP contribution is -2.16. The molecule has 1 unspecified atom stereocenters. The van der Waals surface area contributed by atoms with Gasteiger partial charge in [-0.1, -0.05) is 52.4 Å². The molecule has 0 fully saturated rings. The number of rotatable bonds is 19. The number of ether oxygens (including phenoxy) is 3. The van der Waals surface area contributed by atoms with Crippen LogP contribution in [-0.2, 0) is 23.8 Å². The summed E-state index contributed by atoms with van der Waals surface area (Å²) in [5.74, 6) is 0.139. The van der Waals surface area contributed by atoms with Crippen molar-refractivity contribution in [3.63, 3.8) is 0 Å². The zero-order valence-electron chi connectivity index (χ0n) is 17.9. The smallest absolute Gasteiger partial charge is 0.305 e. The average Bonchev–Trinajstić information content (AvgIpc) is 2.66. The zero-order chi connectivity index (χ0) is 20.2. The van der Waals surface area contributed by atoms with Crippen molar-refractivity contribution >= 4 is 11.9 Å². The molecule has 0 saturated carbocycles. The monoisotopic (exact) mass is 386 g/mol. The molecule has 0 amide bonds. The van der Waals surface area contributed by atoms with Crippen molar-refractivity contribution in [3.05, 3.63) is 0 Å². The summed E-state index contributed by atoms with van der Waals surface area (Å²) in [7, 11) is 1.70. The van der Waals surface area contributed by atoms with Gasteiger partial charge in [-0.05, 0) is 38.0 Å². The zero-order valence-corrected chi connectivity index (χ0v) is 17.9. The highest BCUT2D eigenvalue weighted by atomic mass is 16.5. The fourth-order valence-electron chi connectivity index (χ4n) is 2.89. The van der Waals surface area contributed by atoms with Gasteiger partial charge in [0.1, 0.15) is 0 Å². The second kappa shape index (κ2) is 19.7. The van der Waals surface area contributed by atoms with E-state index in [1.165, 1.54) is 19.3 Å². The Kier molecular flexibility index (Phi) is 18.9. The Hall–Kier alpha value is -1.10. The van der Waals surface area contributed by atoms with Crippen LogP contribution in [0.25, 0.3) is 0 Å². The van der Waals surface area contributed by atoms with Crippen molar-refractivity contribution in [2.75, 3.05) is 26.9 Å². The minimum absolute atomic E-state index is 0.123. The summed E-state index contributed by atoms with van der Waals surface area (Å²) in [5, 5.41) is 0. The van der Waals surface area contributed by atoms with Gasteiger partial charge in [-0.15, -0.1) is 0 Å². The number of hydrogen-bond acceptors (Lipinski definition) is 5. The average molecular weight is 387 g/mol. The third-order valence-electron chi connectivity index (χ3n) is 4.70. The standard InChI is InChI=1S/C22H42O5/c1-4-6-9-13-20(16-18-25-3)19-27-22(24)15-11-8-10-14-21(23)26-17-12-7-5-2/h20H,4-19H2,1-3H3. The maximum Gasteiger partial charge on any atom is 0.305 e. The van der Waals surface area contributed by atoms with E-state index in [9.17, 15) is 9.59 Å². The molecule has 0 aliphatic rings. The molecule has 0 radical (unpaired) electrons. The Labute approximate surface area is 166 Å². The molecular formula is C22H42O5. The van der Waals surface area contributed by atoms with E-state index in [4.69, 9.17) is 14.2 Å². The van der Waals surface area contributed by atoms with Crippen LogP contribution in [0.2, 0.25) is 0 Å². The number of unbranched alkanes of at least 4 members (excludes halogenated alkanes) is 6. The highest BCUT2D eigenvalue weighted by Gasteiger charge is 2.12. The van der Waals surface area contributed by atoms with Gasteiger partial charge in [-0.25, -0.2) is 0 Å². The fourth-order valence-corrected chi connectivity index (χ4v) is 2.89. The fraction of sp³-hybridized carbons (Fsp3) is 0.909. The van der Waals surface area contributed by atoms with Gasteiger partial charge in [0.05, 0.1) is 13.2 Å². The Morgan fingerprint density at radius 1 is 0.704 bits per heavy atom. The molecule has 0 aromatic heterocycles. The first-order chi connectivity index (χ1) is 13.1. The van der Waals surface area contributed by atoms with Crippen molar-refractivity contribution in [2.45, 2.75) is 97.3 Å². The van der Waals surface area contributed by atoms with Crippen molar-refractivity contribution in [1.29, 1.82) is 0 Å². The minimum atomic E-state index is -0.130. The summed E-state index contributed by atoms with van der Waals surface area (Å²) in [5.41, 5.74) is 0. The Morgan fingerprint density at radius 3 is 1.96 bits per heavy atom. The molecule has 0 heterocycles. The Balaban J connectivity index is 3.71. The van der Waals surface area contributed by atoms with Crippen molar-refractivity contribution < 1.29 is 23.8 Å². The second-order valence-electron chi connectivity index (χ2n) is 7.31. The summed E-state index contributed by atoms with van der Waals surface area (Å²) < 4.78 is 15.8. The van der Waals surface area contributed by atoms with Crippen LogP contribution in [0.15, 0.2) is 0 Å². The maximum atomic E-state index is 11.9. The van der Waals surface area contributed by atoms with Crippen molar-refractivity contribution in [2.24, 2.45) is 5.92 Å². The van der Waals surface area contributed by atoms with Gasteiger partial charge in [-0.2, -0.15) is 0 Å². The van der Waals surface area contributed by atoms with Crippen LogP contribution in [-0.4, -0.2) is 38.9 Å². The van der Waals surface area contributed by atoms with E-state index < -0.39 is 0 Å². The summed E-state index contributed by atoms with van der Waals surface area (Å²) >= 11 is 0. The van der Waals surface area contributed by atoms with Gasteiger partial charge in [-0.3, -0.25) is 9.59 Å². The van der Waals surface area contributed by atoms with Gasteiger partial charge in [0, 0.05) is 26.6 Å². The summed E-state index contributed by atoms with van der Waals surface area (Å²) in [6.07, 6.45) is 12.0. The topological polar surface area (TPSA) is 61.8 Å². The molecule has 0 saturated heterocycles. The molecule has 5 heteroatoms. The van der Waals surface area contributed by atoms with E-state index in [0.29, 0.717) is 38.6 Å². The van der Waals surface area contributed by atoms with Crippen LogP contribution in [0.1, 0.15) is 97.3 Å². The molecule has 0 aromatic carbocycles. The maximum absolute atomic E-state index is 11.9. The molecule has 0 bridgehead atoms. The number of hydrogen-bond donors (Lipinski definition) is 0. The number of methoxy groups -OCH3 is 1. The first-order valence-electron chi connectivity index (χ1n) is 10.9. The molecule has 1 atom stereocenters. The quantitative estimate of drug-likeness (QED) is 0.218. The number of esters is 2. The third-order valence-corrected chi connectivity index (χ3v) is 4.70. The molecule has 160 valence electrons. The molecule has 0 spiro atoms. The molecule has 0 aliphatic heterocycles. The lowest BCUT2D eigenvalue weighted by atomic mass is 9.99. The Bertz CT molecular complexity index is 357. The predicted molar refractivity (Wildman–Crippen MR) is 109 cm³/mol. The second-order valence-corrected chi connectivity index (χ2v) is 7.31. The van der Waals surface area contributed by atoms with Crippen LogP contribution in [0, 0.1) is 5.92 Å². The van der Waals surface area contributed by atoms with E-state index in [2.05, 4.69) is 13.8 Å².